The van der Waals surface area contributed by atoms with Crippen molar-refractivity contribution in [1.29, 1.82) is 0 Å². The van der Waals surface area contributed by atoms with Crippen molar-refractivity contribution in [3.05, 3.63) is 40.8 Å². The van der Waals surface area contributed by atoms with E-state index in [1.807, 2.05) is 17.5 Å². The molecular weight excluding hydrogens is 302 g/mol. The van der Waals surface area contributed by atoms with E-state index in [-0.39, 0.29) is 11.6 Å². The number of sulfonamides is 1. The van der Waals surface area contributed by atoms with E-state index < -0.39 is 22.5 Å². The fourth-order valence-corrected chi connectivity index (χ4v) is 3.65. The van der Waals surface area contributed by atoms with Gasteiger partial charge in [-0.25, -0.2) is 8.42 Å². The maximum atomic E-state index is 12.3. The van der Waals surface area contributed by atoms with E-state index in [1.54, 1.807) is 0 Å². The molecule has 2 heterocycles. The fourth-order valence-electron chi connectivity index (χ4n) is 1.66. The van der Waals surface area contributed by atoms with Gasteiger partial charge in [0.25, 0.3) is 10.0 Å². The Morgan fingerprint density at radius 1 is 1.35 bits per heavy atom. The van der Waals surface area contributed by atoms with Crippen molar-refractivity contribution in [1.82, 2.24) is 4.31 Å². The second-order valence-corrected chi connectivity index (χ2v) is 6.89. The molecule has 0 amide bonds. The highest BCUT2D eigenvalue weighted by atomic mass is 32.2. The zero-order valence-corrected chi connectivity index (χ0v) is 12.1. The van der Waals surface area contributed by atoms with Crippen molar-refractivity contribution in [2.75, 3.05) is 13.1 Å². The SMILES string of the molecule is O=C(O)CN(CCc1cccs1)S(=O)(=O)c1ccco1. The largest absolute Gasteiger partial charge is 0.480 e. The maximum Gasteiger partial charge on any atom is 0.318 e. The number of carboxylic acid groups (broad SMARTS) is 1. The van der Waals surface area contributed by atoms with Crippen LogP contribution in [0, 0.1) is 0 Å². The van der Waals surface area contributed by atoms with Gasteiger partial charge in [-0.1, -0.05) is 6.07 Å². The highest BCUT2D eigenvalue weighted by molar-refractivity contribution is 7.89. The minimum atomic E-state index is -3.92. The van der Waals surface area contributed by atoms with Crippen LogP contribution in [-0.2, 0) is 21.2 Å². The molecule has 0 unspecified atom stereocenters. The number of aliphatic carboxylic acids is 1. The molecule has 2 aromatic rings. The van der Waals surface area contributed by atoms with Crippen molar-refractivity contribution in [3.63, 3.8) is 0 Å². The summed E-state index contributed by atoms with van der Waals surface area (Å²) in [5.74, 6) is -1.20. The number of thiophene rings is 1. The first kappa shape index (κ1) is 14.8. The molecule has 0 atom stereocenters. The number of hydrogen-bond acceptors (Lipinski definition) is 5. The number of hydrogen-bond donors (Lipinski definition) is 1. The van der Waals surface area contributed by atoms with Gasteiger partial charge in [-0.3, -0.25) is 4.79 Å². The normalized spacial score (nSPS) is 11.8. The smallest absolute Gasteiger partial charge is 0.318 e. The topological polar surface area (TPSA) is 87.8 Å². The molecule has 8 heteroatoms. The zero-order chi connectivity index (χ0) is 14.6. The van der Waals surface area contributed by atoms with Crippen molar-refractivity contribution in [2.24, 2.45) is 0 Å². The Morgan fingerprint density at radius 3 is 2.70 bits per heavy atom. The number of nitrogens with zero attached hydrogens (tertiary/aromatic N) is 1. The molecule has 0 saturated carbocycles. The molecule has 108 valence electrons. The van der Waals surface area contributed by atoms with Crippen LogP contribution in [0.3, 0.4) is 0 Å². The molecule has 0 bridgehead atoms. The van der Waals surface area contributed by atoms with E-state index in [0.717, 1.165) is 9.18 Å². The highest BCUT2D eigenvalue weighted by Crippen LogP contribution is 2.17. The minimum Gasteiger partial charge on any atom is -0.480 e. The number of rotatable bonds is 7. The van der Waals surface area contributed by atoms with Gasteiger partial charge in [-0.2, -0.15) is 4.31 Å². The van der Waals surface area contributed by atoms with Gasteiger partial charge < -0.3 is 9.52 Å². The first-order valence-electron chi connectivity index (χ1n) is 5.78. The van der Waals surface area contributed by atoms with Crippen LogP contribution in [0.2, 0.25) is 0 Å². The van der Waals surface area contributed by atoms with Gasteiger partial charge in [0.15, 0.2) is 0 Å². The first-order chi connectivity index (χ1) is 9.50. The van der Waals surface area contributed by atoms with Gasteiger partial charge in [0, 0.05) is 11.4 Å². The third-order valence-electron chi connectivity index (χ3n) is 2.59. The molecule has 0 radical (unpaired) electrons. The van der Waals surface area contributed by atoms with E-state index in [0.29, 0.717) is 6.42 Å². The lowest BCUT2D eigenvalue weighted by atomic mass is 10.3. The number of carbonyl (C=O) groups is 1. The summed E-state index contributed by atoms with van der Waals surface area (Å²) < 4.78 is 30.3. The average Bonchev–Trinajstić information content (AvgIpc) is 3.06. The molecule has 0 aliphatic rings. The maximum absolute atomic E-state index is 12.3. The summed E-state index contributed by atoms with van der Waals surface area (Å²) in [5, 5.41) is 10.5. The fraction of sp³-hybridized carbons (Fsp3) is 0.250. The Balaban J connectivity index is 2.16. The number of carboxylic acids is 1. The van der Waals surface area contributed by atoms with Crippen LogP contribution >= 0.6 is 11.3 Å². The second kappa shape index (κ2) is 6.21. The third kappa shape index (κ3) is 3.47. The monoisotopic (exact) mass is 315 g/mol. The van der Waals surface area contributed by atoms with Crippen LogP contribution in [-0.4, -0.2) is 36.9 Å². The van der Waals surface area contributed by atoms with E-state index >= 15 is 0 Å². The summed E-state index contributed by atoms with van der Waals surface area (Å²) in [4.78, 5) is 11.8. The molecule has 0 spiro atoms. The van der Waals surface area contributed by atoms with Gasteiger partial charge in [-0.15, -0.1) is 11.3 Å². The van der Waals surface area contributed by atoms with Crippen LogP contribution in [0.1, 0.15) is 4.88 Å². The molecule has 2 rings (SSSR count). The Kier molecular flexibility index (Phi) is 4.58. The summed E-state index contributed by atoms with van der Waals surface area (Å²) in [6.07, 6.45) is 1.70. The molecule has 2 aromatic heterocycles. The summed E-state index contributed by atoms with van der Waals surface area (Å²) in [6.45, 7) is -0.496. The van der Waals surface area contributed by atoms with Gasteiger partial charge in [0.2, 0.25) is 5.09 Å². The quantitative estimate of drug-likeness (QED) is 0.839. The summed E-state index contributed by atoms with van der Waals surface area (Å²) in [7, 11) is -3.92. The van der Waals surface area contributed by atoms with Crippen LogP contribution in [0.15, 0.2) is 45.4 Å². The zero-order valence-electron chi connectivity index (χ0n) is 10.4. The Morgan fingerprint density at radius 2 is 2.15 bits per heavy atom. The van der Waals surface area contributed by atoms with Crippen molar-refractivity contribution in [3.8, 4) is 0 Å². The standard InChI is InChI=1S/C12H13NO5S2/c14-11(15)9-13(6-5-10-3-2-8-19-10)20(16,17)12-4-1-7-18-12/h1-4,7-8H,5-6,9H2,(H,14,15). The van der Waals surface area contributed by atoms with Gasteiger partial charge in [0.1, 0.15) is 6.54 Å². The van der Waals surface area contributed by atoms with E-state index in [4.69, 9.17) is 9.52 Å². The molecule has 0 fully saturated rings. The molecule has 0 aliphatic heterocycles. The van der Waals surface area contributed by atoms with Crippen molar-refractivity contribution >= 4 is 27.3 Å². The van der Waals surface area contributed by atoms with Crippen molar-refractivity contribution < 1.29 is 22.7 Å². The molecule has 0 aromatic carbocycles. The Hall–Kier alpha value is -1.64. The molecule has 6 nitrogen and oxygen atoms in total. The van der Waals surface area contributed by atoms with E-state index in [1.165, 1.54) is 29.7 Å². The van der Waals surface area contributed by atoms with E-state index in [9.17, 15) is 13.2 Å². The van der Waals surface area contributed by atoms with Gasteiger partial charge in [0.05, 0.1) is 6.26 Å². The summed E-state index contributed by atoms with van der Waals surface area (Å²) in [6, 6.07) is 6.49. The Labute approximate surface area is 120 Å². The number of furan rings is 1. The van der Waals surface area contributed by atoms with Crippen molar-refractivity contribution in [2.45, 2.75) is 11.5 Å². The van der Waals surface area contributed by atoms with Crippen LogP contribution in [0.25, 0.3) is 0 Å². The Bertz CT molecular complexity index is 646. The van der Waals surface area contributed by atoms with Crippen LogP contribution < -0.4 is 0 Å². The highest BCUT2D eigenvalue weighted by Gasteiger charge is 2.28. The summed E-state index contributed by atoms with van der Waals surface area (Å²) in [5.41, 5.74) is 0. The average molecular weight is 315 g/mol. The van der Waals surface area contributed by atoms with Gasteiger partial charge in [-0.05, 0) is 30.0 Å². The van der Waals surface area contributed by atoms with Gasteiger partial charge >= 0.3 is 5.97 Å². The molecule has 0 aliphatic carbocycles. The predicted octanol–water partition coefficient (Wildman–Crippen LogP) is 1.66. The first-order valence-corrected chi connectivity index (χ1v) is 8.10. The molecular formula is C12H13NO5S2. The second-order valence-electron chi connectivity index (χ2n) is 3.99. The van der Waals surface area contributed by atoms with Crippen LogP contribution in [0.4, 0.5) is 0 Å². The lowest BCUT2D eigenvalue weighted by molar-refractivity contribution is -0.137. The minimum absolute atomic E-state index is 0.0931. The molecule has 20 heavy (non-hydrogen) atoms. The predicted molar refractivity (Wildman–Crippen MR) is 73.1 cm³/mol. The lowest BCUT2D eigenvalue weighted by Crippen LogP contribution is -2.37. The molecule has 0 saturated heterocycles. The van der Waals surface area contributed by atoms with Crippen LogP contribution in [0.5, 0.6) is 0 Å². The third-order valence-corrected chi connectivity index (χ3v) is 5.26. The summed E-state index contributed by atoms with van der Waals surface area (Å²) >= 11 is 1.50. The lowest BCUT2D eigenvalue weighted by Gasteiger charge is -2.18. The molecule has 1 N–H and O–H groups in total. The van der Waals surface area contributed by atoms with E-state index in [2.05, 4.69) is 0 Å².